The molecule has 100 valence electrons. The van der Waals surface area contributed by atoms with Crippen molar-refractivity contribution in [1.29, 1.82) is 0 Å². The molecule has 3 nitrogen and oxygen atoms in total. The van der Waals surface area contributed by atoms with E-state index in [2.05, 4.69) is 24.5 Å². The van der Waals surface area contributed by atoms with Gasteiger partial charge in [0.2, 0.25) is 5.91 Å². The molecule has 0 bridgehead atoms. The van der Waals surface area contributed by atoms with Crippen molar-refractivity contribution in [3.05, 3.63) is 24.3 Å². The summed E-state index contributed by atoms with van der Waals surface area (Å²) in [6.07, 6.45) is 1.16. The van der Waals surface area contributed by atoms with Crippen molar-refractivity contribution < 1.29 is 4.79 Å². The standard InChI is InChI=1S/C14H22N2OS/c1-11(2)15-9-4-10-18-14-7-5-13(6-8-14)16-12(3)17/h5-8,11,15H,4,9-10H2,1-3H3,(H,16,17). The summed E-state index contributed by atoms with van der Waals surface area (Å²) in [4.78, 5) is 12.1. The quantitative estimate of drug-likeness (QED) is 0.588. The molecule has 0 saturated carbocycles. The highest BCUT2D eigenvalue weighted by Gasteiger charge is 1.98. The average molecular weight is 266 g/mol. The maximum atomic E-state index is 10.9. The van der Waals surface area contributed by atoms with Gasteiger partial charge in [-0.2, -0.15) is 0 Å². The lowest BCUT2D eigenvalue weighted by Crippen LogP contribution is -2.23. The van der Waals surface area contributed by atoms with Gasteiger partial charge in [-0.15, -0.1) is 11.8 Å². The third-order valence-electron chi connectivity index (χ3n) is 2.32. The van der Waals surface area contributed by atoms with Crippen LogP contribution < -0.4 is 10.6 Å². The van der Waals surface area contributed by atoms with Gasteiger partial charge in [0, 0.05) is 23.5 Å². The lowest BCUT2D eigenvalue weighted by molar-refractivity contribution is -0.114. The topological polar surface area (TPSA) is 41.1 Å². The molecule has 18 heavy (non-hydrogen) atoms. The van der Waals surface area contributed by atoms with Crippen molar-refractivity contribution in [3.63, 3.8) is 0 Å². The largest absolute Gasteiger partial charge is 0.326 e. The highest BCUT2D eigenvalue weighted by molar-refractivity contribution is 7.99. The Kier molecular flexibility index (Phi) is 6.83. The molecule has 1 aromatic carbocycles. The van der Waals surface area contributed by atoms with Crippen LogP contribution in [0.2, 0.25) is 0 Å². The van der Waals surface area contributed by atoms with Crippen LogP contribution in [0.5, 0.6) is 0 Å². The van der Waals surface area contributed by atoms with Gasteiger partial charge in [0.1, 0.15) is 0 Å². The molecular weight excluding hydrogens is 244 g/mol. The second-order valence-corrected chi connectivity index (χ2v) is 5.68. The molecule has 1 aromatic rings. The second kappa shape index (κ2) is 8.16. The van der Waals surface area contributed by atoms with Gasteiger partial charge in [0.05, 0.1) is 0 Å². The van der Waals surface area contributed by atoms with Crippen molar-refractivity contribution in [1.82, 2.24) is 5.32 Å². The first-order chi connectivity index (χ1) is 8.58. The van der Waals surface area contributed by atoms with Crippen molar-refractivity contribution >= 4 is 23.4 Å². The molecule has 0 saturated heterocycles. The van der Waals surface area contributed by atoms with Crippen LogP contribution in [0.4, 0.5) is 5.69 Å². The highest BCUT2D eigenvalue weighted by Crippen LogP contribution is 2.20. The van der Waals surface area contributed by atoms with Gasteiger partial charge in [0.25, 0.3) is 0 Å². The second-order valence-electron chi connectivity index (χ2n) is 4.52. The van der Waals surface area contributed by atoms with Crippen molar-refractivity contribution in [2.45, 2.75) is 38.1 Å². The zero-order valence-electron chi connectivity index (χ0n) is 11.3. The molecule has 4 heteroatoms. The van der Waals surface area contributed by atoms with E-state index in [1.807, 2.05) is 36.0 Å². The highest BCUT2D eigenvalue weighted by atomic mass is 32.2. The van der Waals surface area contributed by atoms with E-state index in [-0.39, 0.29) is 5.91 Å². The number of rotatable bonds is 7. The Morgan fingerprint density at radius 3 is 2.50 bits per heavy atom. The molecule has 0 aliphatic rings. The fourth-order valence-electron chi connectivity index (χ4n) is 1.49. The smallest absolute Gasteiger partial charge is 0.221 e. The van der Waals surface area contributed by atoms with Crippen LogP contribution in [0.25, 0.3) is 0 Å². The molecule has 0 aliphatic heterocycles. The van der Waals surface area contributed by atoms with Crippen LogP contribution in [-0.2, 0) is 4.79 Å². The number of carbonyl (C=O) groups is 1. The Labute approximate surface area is 114 Å². The number of hydrogen-bond donors (Lipinski definition) is 2. The van der Waals surface area contributed by atoms with Crippen molar-refractivity contribution in [2.75, 3.05) is 17.6 Å². The number of benzene rings is 1. The Hall–Kier alpha value is -1.00. The third kappa shape index (κ3) is 6.67. The Morgan fingerprint density at radius 1 is 1.28 bits per heavy atom. The molecule has 0 aliphatic carbocycles. The number of anilines is 1. The van der Waals surface area contributed by atoms with E-state index < -0.39 is 0 Å². The van der Waals surface area contributed by atoms with Crippen LogP contribution in [0.1, 0.15) is 27.2 Å². The molecular formula is C14H22N2OS. The number of nitrogens with one attached hydrogen (secondary N) is 2. The summed E-state index contributed by atoms with van der Waals surface area (Å²) >= 11 is 1.85. The van der Waals surface area contributed by atoms with E-state index in [4.69, 9.17) is 0 Å². The molecule has 0 heterocycles. The summed E-state index contributed by atoms with van der Waals surface area (Å²) in [7, 11) is 0. The first-order valence-electron chi connectivity index (χ1n) is 6.32. The lowest BCUT2D eigenvalue weighted by atomic mass is 10.3. The normalized spacial score (nSPS) is 10.7. The summed E-state index contributed by atoms with van der Waals surface area (Å²) in [6.45, 7) is 6.90. The van der Waals surface area contributed by atoms with Gasteiger partial charge in [-0.1, -0.05) is 13.8 Å². The zero-order chi connectivity index (χ0) is 13.4. The van der Waals surface area contributed by atoms with E-state index in [0.29, 0.717) is 6.04 Å². The molecule has 0 radical (unpaired) electrons. The van der Waals surface area contributed by atoms with E-state index in [1.165, 1.54) is 11.8 Å². The van der Waals surface area contributed by atoms with Crippen molar-refractivity contribution in [3.8, 4) is 0 Å². The summed E-state index contributed by atoms with van der Waals surface area (Å²) in [5.74, 6) is 1.08. The van der Waals surface area contributed by atoms with Gasteiger partial charge in [0.15, 0.2) is 0 Å². The fraction of sp³-hybridized carbons (Fsp3) is 0.500. The SMILES string of the molecule is CC(=O)Nc1ccc(SCCCNC(C)C)cc1. The molecule has 0 fully saturated rings. The Balaban J connectivity index is 2.24. The number of hydrogen-bond acceptors (Lipinski definition) is 3. The number of amides is 1. The van der Waals surface area contributed by atoms with Crippen LogP contribution in [0.15, 0.2) is 29.2 Å². The predicted molar refractivity (Wildman–Crippen MR) is 79.2 cm³/mol. The lowest BCUT2D eigenvalue weighted by Gasteiger charge is -2.07. The van der Waals surface area contributed by atoms with E-state index >= 15 is 0 Å². The monoisotopic (exact) mass is 266 g/mol. The zero-order valence-corrected chi connectivity index (χ0v) is 12.1. The maximum Gasteiger partial charge on any atom is 0.221 e. The summed E-state index contributed by atoms with van der Waals surface area (Å²) in [5.41, 5.74) is 0.855. The predicted octanol–water partition coefficient (Wildman–Crippen LogP) is 3.13. The minimum atomic E-state index is -0.0323. The fourth-order valence-corrected chi connectivity index (χ4v) is 2.34. The van der Waals surface area contributed by atoms with E-state index in [9.17, 15) is 4.79 Å². The van der Waals surface area contributed by atoms with Crippen LogP contribution in [-0.4, -0.2) is 24.2 Å². The molecule has 0 atom stereocenters. The summed E-state index contributed by atoms with van der Waals surface area (Å²) in [5, 5.41) is 6.16. The molecule has 0 spiro atoms. The minimum Gasteiger partial charge on any atom is -0.326 e. The van der Waals surface area contributed by atoms with Gasteiger partial charge < -0.3 is 10.6 Å². The van der Waals surface area contributed by atoms with Crippen LogP contribution in [0, 0.1) is 0 Å². The molecule has 0 aromatic heterocycles. The number of carbonyl (C=O) groups excluding carboxylic acids is 1. The molecule has 1 rings (SSSR count). The first-order valence-corrected chi connectivity index (χ1v) is 7.30. The van der Waals surface area contributed by atoms with Crippen LogP contribution >= 0.6 is 11.8 Å². The van der Waals surface area contributed by atoms with E-state index in [0.717, 1.165) is 24.4 Å². The van der Waals surface area contributed by atoms with Gasteiger partial charge in [-0.3, -0.25) is 4.79 Å². The summed E-state index contributed by atoms with van der Waals surface area (Å²) in [6, 6.07) is 8.54. The number of thioether (sulfide) groups is 1. The van der Waals surface area contributed by atoms with E-state index in [1.54, 1.807) is 0 Å². The van der Waals surface area contributed by atoms with Gasteiger partial charge >= 0.3 is 0 Å². The average Bonchev–Trinajstić information content (AvgIpc) is 2.30. The van der Waals surface area contributed by atoms with Gasteiger partial charge in [-0.25, -0.2) is 0 Å². The molecule has 0 unspecified atom stereocenters. The Morgan fingerprint density at radius 2 is 1.94 bits per heavy atom. The molecule has 1 amide bonds. The summed E-state index contributed by atoms with van der Waals surface area (Å²) < 4.78 is 0. The van der Waals surface area contributed by atoms with Crippen molar-refractivity contribution in [2.24, 2.45) is 0 Å². The van der Waals surface area contributed by atoms with Gasteiger partial charge in [-0.05, 0) is 43.0 Å². The third-order valence-corrected chi connectivity index (χ3v) is 3.42. The van der Waals surface area contributed by atoms with Crippen LogP contribution in [0.3, 0.4) is 0 Å². The minimum absolute atomic E-state index is 0.0323. The first kappa shape index (κ1) is 15.1. The maximum absolute atomic E-state index is 10.9. The molecule has 2 N–H and O–H groups in total. The Bertz CT molecular complexity index is 363.